The number of carbonyl (C=O) groups is 1. The second-order valence-corrected chi connectivity index (χ2v) is 6.06. The van der Waals surface area contributed by atoms with Crippen molar-refractivity contribution in [3.05, 3.63) is 48.1 Å². The first-order valence-corrected chi connectivity index (χ1v) is 8.31. The summed E-state index contributed by atoms with van der Waals surface area (Å²) in [5, 5.41) is 7.61. The number of aromatic nitrogens is 2. The number of amides is 1. The third-order valence-corrected chi connectivity index (χ3v) is 4.45. The fourth-order valence-electron chi connectivity index (χ4n) is 3.08. The van der Waals surface area contributed by atoms with Crippen molar-refractivity contribution in [1.29, 1.82) is 0 Å². The molecule has 24 heavy (non-hydrogen) atoms. The highest BCUT2D eigenvalue weighted by atomic mass is 16.2. The Balaban J connectivity index is 1.91. The number of aryl methyl sites for hydroxylation is 1. The average molecular weight is 325 g/mol. The number of aliphatic imine (C=N–C) groups is 1. The number of amidine groups is 1. The third-order valence-electron chi connectivity index (χ3n) is 4.45. The SMILES string of the molecule is C=C/N=C1/NC=C/C1=C(/C)n1cc(C(=O)N2CCCCC2)c(C)n1. The van der Waals surface area contributed by atoms with Crippen LogP contribution in [0, 0.1) is 6.92 Å². The number of nitrogens with one attached hydrogen (secondary N) is 1. The van der Waals surface area contributed by atoms with E-state index in [1.54, 1.807) is 4.68 Å². The van der Waals surface area contributed by atoms with E-state index in [0.29, 0.717) is 5.56 Å². The molecule has 1 saturated heterocycles. The lowest BCUT2D eigenvalue weighted by atomic mass is 10.1. The summed E-state index contributed by atoms with van der Waals surface area (Å²) in [5.74, 6) is 0.816. The number of carbonyl (C=O) groups excluding carboxylic acids is 1. The highest BCUT2D eigenvalue weighted by Gasteiger charge is 2.23. The minimum atomic E-state index is 0.0799. The zero-order chi connectivity index (χ0) is 17.1. The first-order chi connectivity index (χ1) is 11.6. The summed E-state index contributed by atoms with van der Waals surface area (Å²) >= 11 is 0. The van der Waals surface area contributed by atoms with Gasteiger partial charge in [0.15, 0.2) is 0 Å². The smallest absolute Gasteiger partial charge is 0.257 e. The summed E-state index contributed by atoms with van der Waals surface area (Å²) in [6.45, 7) is 9.16. The zero-order valence-electron chi connectivity index (χ0n) is 14.2. The summed E-state index contributed by atoms with van der Waals surface area (Å²) in [5.41, 5.74) is 3.28. The molecular formula is C18H23N5O. The molecule has 1 amide bonds. The van der Waals surface area contributed by atoms with Crippen LogP contribution < -0.4 is 5.32 Å². The Morgan fingerprint density at radius 3 is 2.83 bits per heavy atom. The molecule has 1 fully saturated rings. The molecular weight excluding hydrogens is 302 g/mol. The standard InChI is InChI=1S/C18H23N5O/c1-4-19-17-15(8-9-20-17)14(3)23-12-16(13(2)21-23)18(24)22-10-6-5-7-11-22/h4,8-9,12H,1,5-7,10-11H2,2-3H3,(H,19,20)/b15-14+. The van der Waals surface area contributed by atoms with Crippen molar-refractivity contribution in [2.45, 2.75) is 33.1 Å². The Kier molecular flexibility index (Phi) is 4.64. The van der Waals surface area contributed by atoms with Crippen LogP contribution >= 0.6 is 0 Å². The lowest BCUT2D eigenvalue weighted by Crippen LogP contribution is -2.35. The largest absolute Gasteiger partial charge is 0.346 e. The van der Waals surface area contributed by atoms with Crippen LogP contribution in [-0.4, -0.2) is 39.5 Å². The van der Waals surface area contributed by atoms with Gasteiger partial charge in [-0.2, -0.15) is 5.10 Å². The molecule has 3 heterocycles. The van der Waals surface area contributed by atoms with Gasteiger partial charge in [-0.3, -0.25) is 4.79 Å². The molecule has 1 N–H and O–H groups in total. The Bertz CT molecular complexity index is 747. The number of allylic oxidation sites excluding steroid dienone is 1. The second kappa shape index (κ2) is 6.86. The van der Waals surface area contributed by atoms with E-state index < -0.39 is 0 Å². The highest BCUT2D eigenvalue weighted by Crippen LogP contribution is 2.20. The molecule has 3 rings (SSSR count). The first kappa shape index (κ1) is 16.2. The van der Waals surface area contributed by atoms with Gasteiger partial charge in [-0.1, -0.05) is 6.58 Å². The van der Waals surface area contributed by atoms with Crippen molar-refractivity contribution in [3.63, 3.8) is 0 Å². The normalized spacial score (nSPS) is 21.1. The molecule has 0 bridgehead atoms. The molecule has 0 aromatic carbocycles. The van der Waals surface area contributed by atoms with Crippen molar-refractivity contribution in [2.24, 2.45) is 4.99 Å². The minimum absolute atomic E-state index is 0.0799. The van der Waals surface area contributed by atoms with Gasteiger partial charge in [0.25, 0.3) is 5.91 Å². The zero-order valence-corrected chi connectivity index (χ0v) is 14.2. The minimum Gasteiger partial charge on any atom is -0.346 e. The molecule has 0 aliphatic carbocycles. The van der Waals surface area contributed by atoms with Crippen LogP contribution in [0.1, 0.15) is 42.2 Å². The van der Waals surface area contributed by atoms with Crippen molar-refractivity contribution < 1.29 is 4.79 Å². The van der Waals surface area contributed by atoms with Gasteiger partial charge in [0, 0.05) is 43.0 Å². The van der Waals surface area contributed by atoms with Gasteiger partial charge in [-0.25, -0.2) is 9.67 Å². The third kappa shape index (κ3) is 3.04. The predicted molar refractivity (Wildman–Crippen MR) is 95.5 cm³/mol. The topological polar surface area (TPSA) is 62.5 Å². The van der Waals surface area contributed by atoms with Crippen LogP contribution in [0.5, 0.6) is 0 Å². The number of rotatable bonds is 3. The van der Waals surface area contributed by atoms with Crippen molar-refractivity contribution >= 4 is 17.4 Å². The van der Waals surface area contributed by atoms with Crippen molar-refractivity contribution in [1.82, 2.24) is 20.0 Å². The summed E-state index contributed by atoms with van der Waals surface area (Å²) in [6, 6.07) is 0. The van der Waals surface area contributed by atoms with Crippen molar-refractivity contribution in [3.8, 4) is 0 Å². The summed E-state index contributed by atoms with van der Waals surface area (Å²) in [6.07, 6.45) is 10.5. The van der Waals surface area contributed by atoms with E-state index >= 15 is 0 Å². The Morgan fingerprint density at radius 1 is 1.38 bits per heavy atom. The van der Waals surface area contributed by atoms with Crippen LogP contribution in [0.3, 0.4) is 0 Å². The number of piperidine rings is 1. The lowest BCUT2D eigenvalue weighted by Gasteiger charge is -2.26. The van der Waals surface area contributed by atoms with E-state index in [1.807, 2.05) is 37.2 Å². The maximum atomic E-state index is 12.7. The van der Waals surface area contributed by atoms with Crippen LogP contribution in [-0.2, 0) is 0 Å². The summed E-state index contributed by atoms with van der Waals surface area (Å²) in [7, 11) is 0. The van der Waals surface area contributed by atoms with E-state index in [1.165, 1.54) is 12.6 Å². The fourth-order valence-corrected chi connectivity index (χ4v) is 3.08. The molecule has 0 radical (unpaired) electrons. The predicted octanol–water partition coefficient (Wildman–Crippen LogP) is 2.71. The van der Waals surface area contributed by atoms with Gasteiger partial charge < -0.3 is 10.2 Å². The van der Waals surface area contributed by atoms with Crippen LogP contribution in [0.2, 0.25) is 0 Å². The van der Waals surface area contributed by atoms with E-state index in [2.05, 4.69) is 22.0 Å². The summed E-state index contributed by atoms with van der Waals surface area (Å²) in [4.78, 5) is 18.9. The number of likely N-dealkylation sites (tertiary alicyclic amines) is 1. The van der Waals surface area contributed by atoms with Gasteiger partial charge >= 0.3 is 0 Å². The quantitative estimate of drug-likeness (QED) is 0.929. The molecule has 1 aromatic heterocycles. The Labute approximate surface area is 142 Å². The van der Waals surface area contributed by atoms with Crippen LogP contribution in [0.15, 0.2) is 41.8 Å². The van der Waals surface area contributed by atoms with Crippen molar-refractivity contribution in [2.75, 3.05) is 13.1 Å². The second-order valence-electron chi connectivity index (χ2n) is 6.06. The fraction of sp³-hybridized carbons (Fsp3) is 0.389. The van der Waals surface area contributed by atoms with Gasteiger partial charge in [0.2, 0.25) is 0 Å². The van der Waals surface area contributed by atoms with Gasteiger partial charge in [0.1, 0.15) is 5.84 Å². The number of hydrogen-bond acceptors (Lipinski definition) is 3. The maximum Gasteiger partial charge on any atom is 0.257 e. The van der Waals surface area contributed by atoms with E-state index in [4.69, 9.17) is 0 Å². The van der Waals surface area contributed by atoms with Crippen LogP contribution in [0.25, 0.3) is 5.70 Å². The van der Waals surface area contributed by atoms with E-state index in [-0.39, 0.29) is 5.91 Å². The summed E-state index contributed by atoms with van der Waals surface area (Å²) < 4.78 is 1.76. The molecule has 0 unspecified atom stereocenters. The lowest BCUT2D eigenvalue weighted by molar-refractivity contribution is 0.0723. The van der Waals surface area contributed by atoms with Crippen LogP contribution in [0.4, 0.5) is 0 Å². The van der Waals surface area contributed by atoms with Gasteiger partial charge in [0.05, 0.1) is 11.3 Å². The Hall–Kier alpha value is -2.63. The molecule has 6 nitrogen and oxygen atoms in total. The van der Waals surface area contributed by atoms with E-state index in [0.717, 1.165) is 48.7 Å². The van der Waals surface area contributed by atoms with Gasteiger partial charge in [-0.15, -0.1) is 0 Å². The molecule has 126 valence electrons. The molecule has 0 spiro atoms. The number of hydrogen-bond donors (Lipinski definition) is 1. The Morgan fingerprint density at radius 2 is 2.12 bits per heavy atom. The average Bonchev–Trinajstić information content (AvgIpc) is 3.21. The van der Waals surface area contributed by atoms with E-state index in [9.17, 15) is 4.79 Å². The molecule has 2 aliphatic heterocycles. The number of nitrogens with zero attached hydrogens (tertiary/aromatic N) is 4. The molecule has 0 atom stereocenters. The van der Waals surface area contributed by atoms with Gasteiger partial charge in [-0.05, 0) is 39.2 Å². The first-order valence-electron chi connectivity index (χ1n) is 8.31. The molecule has 2 aliphatic rings. The maximum absolute atomic E-state index is 12.7. The highest BCUT2D eigenvalue weighted by molar-refractivity contribution is 6.08. The molecule has 6 heteroatoms. The molecule has 0 saturated carbocycles. The monoisotopic (exact) mass is 325 g/mol. The molecule has 1 aromatic rings.